The van der Waals surface area contributed by atoms with Crippen LogP contribution in [0.2, 0.25) is 0 Å². The molecular formula is C10H9N2O. The molecule has 3 heteroatoms. The van der Waals surface area contributed by atoms with Crippen LogP contribution in [-0.4, -0.2) is 9.55 Å². The second kappa shape index (κ2) is 3.01. The maximum atomic E-state index is 11.6. The number of nitrogens with zero attached hydrogens (tertiary/aromatic N) is 2. The number of hydrogen-bond donors (Lipinski definition) is 0. The molecule has 2 rings (SSSR count). The maximum Gasteiger partial charge on any atom is 0.261 e. The zero-order valence-corrected chi connectivity index (χ0v) is 7.10. The summed E-state index contributed by atoms with van der Waals surface area (Å²) in [6.45, 7) is 4.06. The fourth-order valence-electron chi connectivity index (χ4n) is 1.27. The van der Waals surface area contributed by atoms with Gasteiger partial charge in [0.05, 0.1) is 17.2 Å². The van der Waals surface area contributed by atoms with Gasteiger partial charge >= 0.3 is 0 Å². The lowest BCUT2D eigenvalue weighted by molar-refractivity contribution is 0.764. The lowest BCUT2D eigenvalue weighted by Gasteiger charge is -2.01. The van der Waals surface area contributed by atoms with Crippen LogP contribution >= 0.6 is 0 Å². The van der Waals surface area contributed by atoms with E-state index in [1.54, 1.807) is 6.07 Å². The molecule has 1 heterocycles. The molecule has 13 heavy (non-hydrogen) atoms. The van der Waals surface area contributed by atoms with E-state index in [0.29, 0.717) is 11.9 Å². The number of rotatable bonds is 1. The van der Waals surface area contributed by atoms with E-state index in [2.05, 4.69) is 11.9 Å². The van der Waals surface area contributed by atoms with Crippen LogP contribution in [-0.2, 0) is 6.54 Å². The molecule has 0 N–H and O–H groups in total. The molecule has 0 aliphatic carbocycles. The van der Waals surface area contributed by atoms with Crippen molar-refractivity contribution in [2.75, 3.05) is 0 Å². The monoisotopic (exact) mass is 173 g/mol. The van der Waals surface area contributed by atoms with Crippen LogP contribution in [0.1, 0.15) is 0 Å². The van der Waals surface area contributed by atoms with Gasteiger partial charge in [0.25, 0.3) is 5.56 Å². The van der Waals surface area contributed by atoms with Crippen molar-refractivity contribution in [3.8, 4) is 0 Å². The maximum absolute atomic E-state index is 11.6. The first-order valence-electron chi connectivity index (χ1n) is 4.06. The zero-order valence-electron chi connectivity index (χ0n) is 7.10. The molecule has 0 aliphatic rings. The summed E-state index contributed by atoms with van der Waals surface area (Å²) in [5.41, 5.74) is 0.706. The minimum atomic E-state index is -0.0272. The second-order valence-electron chi connectivity index (χ2n) is 2.76. The van der Waals surface area contributed by atoms with Crippen LogP contribution in [0.25, 0.3) is 10.9 Å². The van der Waals surface area contributed by atoms with Gasteiger partial charge in [0, 0.05) is 6.54 Å². The zero-order chi connectivity index (χ0) is 9.26. The SMILES string of the molecule is [CH2]Cn1cnc2ccccc2c1=O. The van der Waals surface area contributed by atoms with Gasteiger partial charge in [-0.2, -0.15) is 0 Å². The highest BCUT2D eigenvalue weighted by atomic mass is 16.1. The van der Waals surface area contributed by atoms with Crippen molar-refractivity contribution in [2.45, 2.75) is 6.54 Å². The Bertz CT molecular complexity index is 487. The Balaban J connectivity index is 2.87. The Labute approximate surface area is 75.7 Å². The summed E-state index contributed by atoms with van der Waals surface area (Å²) in [5.74, 6) is 0. The van der Waals surface area contributed by atoms with E-state index in [-0.39, 0.29) is 5.56 Å². The van der Waals surface area contributed by atoms with Crippen LogP contribution in [0.15, 0.2) is 35.4 Å². The van der Waals surface area contributed by atoms with E-state index in [1.807, 2.05) is 18.2 Å². The minimum absolute atomic E-state index is 0.0272. The van der Waals surface area contributed by atoms with Gasteiger partial charge in [-0.05, 0) is 19.1 Å². The van der Waals surface area contributed by atoms with E-state index in [9.17, 15) is 4.79 Å². The lowest BCUT2D eigenvalue weighted by atomic mass is 10.2. The lowest BCUT2D eigenvalue weighted by Crippen LogP contribution is -2.19. The minimum Gasteiger partial charge on any atom is -0.299 e. The van der Waals surface area contributed by atoms with Gasteiger partial charge in [0.15, 0.2) is 0 Å². The predicted molar refractivity (Wildman–Crippen MR) is 51.4 cm³/mol. The normalized spacial score (nSPS) is 10.5. The molecule has 2 aromatic rings. The van der Waals surface area contributed by atoms with Gasteiger partial charge < -0.3 is 0 Å². The number of fused-ring (bicyclic) bond motifs is 1. The van der Waals surface area contributed by atoms with Crippen LogP contribution in [0.3, 0.4) is 0 Å². The van der Waals surface area contributed by atoms with Crippen LogP contribution in [0, 0.1) is 6.92 Å². The number of aromatic nitrogens is 2. The fourth-order valence-corrected chi connectivity index (χ4v) is 1.27. The van der Waals surface area contributed by atoms with Gasteiger partial charge in [-0.3, -0.25) is 9.36 Å². The molecule has 0 bridgehead atoms. The van der Waals surface area contributed by atoms with Gasteiger partial charge in [0.1, 0.15) is 0 Å². The summed E-state index contributed by atoms with van der Waals surface area (Å²) in [6.07, 6.45) is 1.53. The molecule has 0 saturated carbocycles. The molecule has 0 spiro atoms. The summed E-state index contributed by atoms with van der Waals surface area (Å²) >= 11 is 0. The van der Waals surface area contributed by atoms with E-state index in [0.717, 1.165) is 5.52 Å². The molecule has 0 amide bonds. The van der Waals surface area contributed by atoms with Crippen molar-refractivity contribution in [3.63, 3.8) is 0 Å². The fraction of sp³-hybridized carbons (Fsp3) is 0.100. The van der Waals surface area contributed by atoms with E-state index >= 15 is 0 Å². The average Bonchev–Trinajstić information content (AvgIpc) is 2.19. The number of benzene rings is 1. The van der Waals surface area contributed by atoms with Crippen molar-refractivity contribution in [3.05, 3.63) is 47.9 Å². The van der Waals surface area contributed by atoms with Crippen molar-refractivity contribution >= 4 is 10.9 Å². The van der Waals surface area contributed by atoms with Crippen molar-refractivity contribution in [1.82, 2.24) is 9.55 Å². The first-order valence-corrected chi connectivity index (χ1v) is 4.06. The molecule has 0 fully saturated rings. The average molecular weight is 173 g/mol. The first-order chi connectivity index (χ1) is 6.33. The topological polar surface area (TPSA) is 34.9 Å². The van der Waals surface area contributed by atoms with Crippen molar-refractivity contribution in [2.24, 2.45) is 0 Å². The van der Waals surface area contributed by atoms with Crippen molar-refractivity contribution in [1.29, 1.82) is 0 Å². The quantitative estimate of drug-likeness (QED) is 0.650. The Kier molecular flexibility index (Phi) is 1.85. The third-order valence-corrected chi connectivity index (χ3v) is 1.97. The highest BCUT2D eigenvalue weighted by Gasteiger charge is 2.00. The molecule has 1 aromatic carbocycles. The van der Waals surface area contributed by atoms with Crippen LogP contribution in [0.5, 0.6) is 0 Å². The molecule has 3 nitrogen and oxygen atoms in total. The van der Waals surface area contributed by atoms with Crippen LogP contribution in [0.4, 0.5) is 0 Å². The smallest absolute Gasteiger partial charge is 0.261 e. The summed E-state index contributed by atoms with van der Waals surface area (Å²) in [4.78, 5) is 15.8. The Hall–Kier alpha value is -1.64. The summed E-state index contributed by atoms with van der Waals surface area (Å²) in [7, 11) is 0. The molecule has 0 saturated heterocycles. The molecule has 0 unspecified atom stereocenters. The van der Waals surface area contributed by atoms with E-state index in [1.165, 1.54) is 10.9 Å². The Morgan fingerprint density at radius 1 is 1.38 bits per heavy atom. The highest BCUT2D eigenvalue weighted by molar-refractivity contribution is 5.76. The molecular weight excluding hydrogens is 164 g/mol. The Morgan fingerprint density at radius 3 is 2.92 bits per heavy atom. The third kappa shape index (κ3) is 1.22. The van der Waals surface area contributed by atoms with Crippen LogP contribution < -0.4 is 5.56 Å². The van der Waals surface area contributed by atoms with Gasteiger partial charge in [-0.25, -0.2) is 4.98 Å². The summed E-state index contributed by atoms with van der Waals surface area (Å²) in [5, 5.41) is 0.647. The molecule has 1 radical (unpaired) electrons. The standard InChI is InChI=1S/C10H9N2O/c1-2-12-7-11-9-6-4-3-5-8(9)10(12)13/h3-7H,1-2H2. The molecule has 0 aliphatic heterocycles. The second-order valence-corrected chi connectivity index (χ2v) is 2.76. The first kappa shape index (κ1) is 7.98. The largest absolute Gasteiger partial charge is 0.299 e. The highest BCUT2D eigenvalue weighted by Crippen LogP contribution is 2.03. The number of para-hydroxylation sites is 1. The predicted octanol–water partition coefficient (Wildman–Crippen LogP) is 1.23. The van der Waals surface area contributed by atoms with Gasteiger partial charge in [-0.1, -0.05) is 12.1 Å². The molecule has 1 aromatic heterocycles. The molecule has 65 valence electrons. The third-order valence-electron chi connectivity index (χ3n) is 1.97. The van der Waals surface area contributed by atoms with Gasteiger partial charge in [-0.15, -0.1) is 0 Å². The molecule has 0 atom stereocenters. The Morgan fingerprint density at radius 2 is 2.15 bits per heavy atom. The number of hydrogen-bond acceptors (Lipinski definition) is 2. The van der Waals surface area contributed by atoms with E-state index < -0.39 is 0 Å². The summed E-state index contributed by atoms with van der Waals surface area (Å²) < 4.78 is 1.49. The summed E-state index contributed by atoms with van der Waals surface area (Å²) in [6, 6.07) is 7.29. The van der Waals surface area contributed by atoms with E-state index in [4.69, 9.17) is 0 Å². The van der Waals surface area contributed by atoms with Crippen molar-refractivity contribution < 1.29 is 0 Å². The van der Waals surface area contributed by atoms with Gasteiger partial charge in [0.2, 0.25) is 0 Å².